The number of nitrogens with zero attached hydrogens (tertiary/aromatic N) is 1. The zero-order valence-corrected chi connectivity index (χ0v) is 27.4. The van der Waals surface area contributed by atoms with E-state index >= 15 is 0 Å². The minimum absolute atomic E-state index is 0.0579. The van der Waals surface area contributed by atoms with Crippen LogP contribution in [0.2, 0.25) is 0 Å². The second-order valence-electron chi connectivity index (χ2n) is 8.76. The highest BCUT2D eigenvalue weighted by atomic mass is 16.5. The van der Waals surface area contributed by atoms with E-state index < -0.39 is 29.9 Å². The van der Waals surface area contributed by atoms with Crippen LogP contribution >= 0.6 is 0 Å². The fraction of sp³-hybridized carbons (Fsp3) is 0.800. The number of hydrogen-bond donors (Lipinski definition) is 5. The van der Waals surface area contributed by atoms with Gasteiger partial charge in [-0.2, -0.15) is 0 Å². The Kier molecular flexibility index (Phi) is 39.7. The predicted molar refractivity (Wildman–Crippen MR) is 166 cm³/mol. The van der Waals surface area contributed by atoms with Gasteiger partial charge in [-0.15, -0.1) is 0 Å². The molecule has 1 rings (SSSR count). The molecular formula is C30H60N4O8. The monoisotopic (exact) mass is 604 g/mol. The predicted octanol–water partition coefficient (Wildman–Crippen LogP) is 2.70. The number of aliphatic hydroxyl groups excluding tert-OH is 2. The average molecular weight is 605 g/mol. The molecule has 1 heterocycles. The number of likely N-dealkylation sites (tertiary alicyclic amines) is 1. The smallest absolute Gasteiger partial charge is 0.325 e. The number of nitrogens with one attached hydrogen (secondary N) is 3. The molecule has 0 spiro atoms. The van der Waals surface area contributed by atoms with E-state index in [4.69, 9.17) is 9.84 Å². The van der Waals surface area contributed by atoms with Crippen molar-refractivity contribution >= 4 is 23.7 Å². The number of esters is 1. The molecule has 42 heavy (non-hydrogen) atoms. The van der Waals surface area contributed by atoms with Crippen molar-refractivity contribution in [3.63, 3.8) is 0 Å². The molecule has 1 saturated heterocycles. The number of hydrogen-bond acceptors (Lipinski definition) is 9. The molecule has 12 heteroatoms. The molecule has 0 aromatic heterocycles. The molecule has 5 N–H and O–H groups in total. The molecule has 0 saturated carbocycles. The van der Waals surface area contributed by atoms with Gasteiger partial charge < -0.3 is 35.2 Å². The lowest BCUT2D eigenvalue weighted by molar-refractivity contribution is -0.142. The topological polar surface area (TPSA) is 167 Å². The van der Waals surface area contributed by atoms with Crippen LogP contribution < -0.4 is 16.0 Å². The van der Waals surface area contributed by atoms with Gasteiger partial charge in [-0.25, -0.2) is 0 Å². The molecular weight excluding hydrogens is 544 g/mol. The van der Waals surface area contributed by atoms with Crippen LogP contribution in [0.4, 0.5) is 0 Å². The third-order valence-electron chi connectivity index (χ3n) is 5.17. The Hall–Kier alpha value is -2.88. The normalized spacial score (nSPS) is 13.4. The zero-order chi connectivity index (χ0) is 33.2. The minimum atomic E-state index is -1.52. The Morgan fingerprint density at radius 2 is 1.55 bits per heavy atom. The summed E-state index contributed by atoms with van der Waals surface area (Å²) in [6.45, 7) is 15.2. The van der Waals surface area contributed by atoms with Gasteiger partial charge in [0.15, 0.2) is 0 Å². The minimum Gasteiger partial charge on any atom is -0.468 e. The Morgan fingerprint density at radius 1 is 1.00 bits per heavy atom. The quantitative estimate of drug-likeness (QED) is 0.0817. The van der Waals surface area contributed by atoms with Crippen molar-refractivity contribution in [2.24, 2.45) is 0 Å². The summed E-state index contributed by atoms with van der Waals surface area (Å²) in [6.07, 6.45) is 13.3. The summed E-state index contributed by atoms with van der Waals surface area (Å²) in [5.41, 5.74) is 0. The standard InChI is InChI=1S/C16H28N4O7.C7H16.C3H8.C2H2O.C2H6/c1-3-27-10-17-8-13(22)20-6-4-5-11(20)15(24)18-7-12(21)16(25)19-9-14(23)26-2;1-3-5-7-6-4-2;1-3-2;1-2-3;1-2/h11-12,17,21H,3-10H2,1-2H3,(H,18,24)(H,19,25);3-7H2,1-2H3;3H2,1-2H3;1,3H;1-2H3. The van der Waals surface area contributed by atoms with Gasteiger partial charge in [0.2, 0.25) is 11.8 Å². The summed E-state index contributed by atoms with van der Waals surface area (Å²) in [5, 5.41) is 24.3. The first-order chi connectivity index (χ1) is 20.1. The van der Waals surface area contributed by atoms with Gasteiger partial charge in [-0.1, -0.05) is 86.5 Å². The number of unbranched alkanes of at least 4 members (excludes halogenated alkanes) is 4. The molecule has 248 valence electrons. The number of carbonyl (C=O) groups excluding carboxylic acids is 4. The van der Waals surface area contributed by atoms with E-state index in [1.165, 1.54) is 56.6 Å². The van der Waals surface area contributed by atoms with Crippen LogP contribution in [0, 0.1) is 12.5 Å². The summed E-state index contributed by atoms with van der Waals surface area (Å²) >= 11 is 0. The van der Waals surface area contributed by atoms with Crippen LogP contribution in [0.5, 0.6) is 0 Å². The van der Waals surface area contributed by atoms with Crippen molar-refractivity contribution in [1.29, 1.82) is 0 Å². The lowest BCUT2D eigenvalue weighted by atomic mass is 10.2. The third kappa shape index (κ3) is 28.6. The number of carbonyl (C=O) groups is 4. The van der Waals surface area contributed by atoms with Crippen molar-refractivity contribution in [2.45, 2.75) is 112 Å². The van der Waals surface area contributed by atoms with Crippen molar-refractivity contribution in [3.8, 4) is 12.5 Å². The Balaban J connectivity index is -0.000000399. The average Bonchev–Trinajstić information content (AvgIpc) is 3.49. The van der Waals surface area contributed by atoms with E-state index in [1.807, 2.05) is 20.8 Å². The number of ether oxygens (including phenoxy) is 2. The maximum absolute atomic E-state index is 12.3. The molecule has 12 nitrogen and oxygen atoms in total. The lowest BCUT2D eigenvalue weighted by Gasteiger charge is -2.24. The second-order valence-corrected chi connectivity index (χ2v) is 8.76. The Bertz CT molecular complexity index is 697. The molecule has 0 bridgehead atoms. The van der Waals surface area contributed by atoms with Gasteiger partial charge in [-0.05, 0) is 19.8 Å². The molecule has 2 atom stereocenters. The van der Waals surface area contributed by atoms with Gasteiger partial charge in [0, 0.05) is 13.2 Å². The zero-order valence-electron chi connectivity index (χ0n) is 27.4. The molecule has 0 aromatic rings. The van der Waals surface area contributed by atoms with Crippen LogP contribution in [-0.2, 0) is 28.7 Å². The molecule has 0 radical (unpaired) electrons. The lowest BCUT2D eigenvalue weighted by Crippen LogP contribution is -2.51. The molecule has 2 unspecified atom stereocenters. The Labute approximate surface area is 254 Å². The number of amides is 3. The summed E-state index contributed by atoms with van der Waals surface area (Å²) < 4.78 is 9.46. The first-order valence-electron chi connectivity index (χ1n) is 15.1. The molecule has 1 aliphatic heterocycles. The van der Waals surface area contributed by atoms with E-state index in [1.54, 1.807) is 0 Å². The van der Waals surface area contributed by atoms with E-state index in [9.17, 15) is 24.3 Å². The van der Waals surface area contributed by atoms with E-state index in [0.717, 1.165) is 0 Å². The number of terminal acetylenes is 1. The van der Waals surface area contributed by atoms with Crippen LogP contribution in [0.15, 0.2) is 0 Å². The van der Waals surface area contributed by atoms with Crippen LogP contribution in [0.3, 0.4) is 0 Å². The van der Waals surface area contributed by atoms with Gasteiger partial charge >= 0.3 is 5.97 Å². The highest BCUT2D eigenvalue weighted by Gasteiger charge is 2.34. The van der Waals surface area contributed by atoms with E-state index in [0.29, 0.717) is 26.0 Å². The van der Waals surface area contributed by atoms with Gasteiger partial charge in [0.1, 0.15) is 24.8 Å². The van der Waals surface area contributed by atoms with Crippen LogP contribution in [0.1, 0.15) is 99.8 Å². The molecule has 0 aliphatic carbocycles. The molecule has 1 aliphatic rings. The first kappa shape index (κ1) is 46.1. The van der Waals surface area contributed by atoms with E-state index in [2.05, 4.69) is 54.8 Å². The maximum atomic E-state index is 12.3. The molecule has 3 amide bonds. The number of aliphatic hydroxyl groups is 2. The fourth-order valence-electron chi connectivity index (χ4n) is 3.21. The van der Waals surface area contributed by atoms with Crippen LogP contribution in [0.25, 0.3) is 0 Å². The van der Waals surface area contributed by atoms with E-state index in [-0.39, 0.29) is 32.3 Å². The summed E-state index contributed by atoms with van der Waals surface area (Å²) in [5.74, 6) is -2.12. The third-order valence-corrected chi connectivity index (χ3v) is 5.17. The second kappa shape index (κ2) is 36.1. The van der Waals surface area contributed by atoms with Gasteiger partial charge in [-0.3, -0.25) is 24.5 Å². The molecule has 1 fully saturated rings. The highest BCUT2D eigenvalue weighted by Crippen LogP contribution is 2.17. The SMILES string of the molecule is C#CO.CC.CCC.CCCCCCC.CCOCNCC(=O)N1CCCC1C(=O)NCC(O)C(=O)NCC(=O)OC. The summed E-state index contributed by atoms with van der Waals surface area (Å²) in [6, 6.07) is -0.642. The number of rotatable bonds is 15. The van der Waals surface area contributed by atoms with Gasteiger partial charge in [0.25, 0.3) is 5.91 Å². The van der Waals surface area contributed by atoms with Crippen LogP contribution in [-0.4, -0.2) is 97.6 Å². The fourth-order valence-corrected chi connectivity index (χ4v) is 3.21. The Morgan fingerprint density at radius 3 is 2.02 bits per heavy atom. The summed E-state index contributed by atoms with van der Waals surface area (Å²) in [4.78, 5) is 48.6. The number of methoxy groups -OCH3 is 1. The van der Waals surface area contributed by atoms with Gasteiger partial charge in [0.05, 0.1) is 26.9 Å². The largest absolute Gasteiger partial charge is 0.468 e. The molecule has 0 aromatic carbocycles. The summed E-state index contributed by atoms with van der Waals surface area (Å²) in [7, 11) is 1.17. The van der Waals surface area contributed by atoms with Crippen molar-refractivity contribution in [3.05, 3.63) is 0 Å². The first-order valence-corrected chi connectivity index (χ1v) is 15.1. The maximum Gasteiger partial charge on any atom is 0.325 e. The van der Waals surface area contributed by atoms with Crippen molar-refractivity contribution in [1.82, 2.24) is 20.9 Å². The van der Waals surface area contributed by atoms with Crippen molar-refractivity contribution < 1.29 is 38.9 Å². The van der Waals surface area contributed by atoms with Crippen molar-refractivity contribution in [2.75, 3.05) is 46.6 Å². The highest BCUT2D eigenvalue weighted by molar-refractivity contribution is 5.90.